The first-order valence-electron chi connectivity index (χ1n) is 6.28. The van der Waals surface area contributed by atoms with Crippen molar-refractivity contribution in [3.63, 3.8) is 0 Å². The summed E-state index contributed by atoms with van der Waals surface area (Å²) >= 11 is 0. The van der Waals surface area contributed by atoms with Gasteiger partial charge in [-0.1, -0.05) is 19.1 Å². The van der Waals surface area contributed by atoms with Crippen molar-refractivity contribution in [3.8, 4) is 0 Å². The summed E-state index contributed by atoms with van der Waals surface area (Å²) in [6.45, 7) is 1.95. The van der Waals surface area contributed by atoms with Gasteiger partial charge >= 0.3 is 11.9 Å². The van der Waals surface area contributed by atoms with E-state index in [0.29, 0.717) is 5.56 Å². The van der Waals surface area contributed by atoms with Crippen LogP contribution in [-0.2, 0) is 16.0 Å². The topological polar surface area (TPSA) is 104 Å². The van der Waals surface area contributed by atoms with Crippen LogP contribution in [0.15, 0.2) is 24.3 Å². The third-order valence-electron chi connectivity index (χ3n) is 2.85. The fourth-order valence-electron chi connectivity index (χ4n) is 1.70. The fourth-order valence-corrected chi connectivity index (χ4v) is 1.70. The number of hydrogen-bond acceptors (Lipinski definition) is 3. The van der Waals surface area contributed by atoms with Gasteiger partial charge in [0.2, 0.25) is 0 Å². The molecule has 1 rings (SSSR count). The molecule has 0 heterocycles. The van der Waals surface area contributed by atoms with Crippen LogP contribution < -0.4 is 5.32 Å². The second-order valence-electron chi connectivity index (χ2n) is 4.35. The smallest absolute Gasteiger partial charge is 0.326 e. The van der Waals surface area contributed by atoms with E-state index in [0.717, 1.165) is 12.0 Å². The maximum Gasteiger partial charge on any atom is 0.326 e. The van der Waals surface area contributed by atoms with E-state index in [4.69, 9.17) is 10.2 Å². The lowest BCUT2D eigenvalue weighted by Gasteiger charge is -2.13. The molecule has 0 saturated carbocycles. The molecule has 0 fully saturated rings. The zero-order valence-electron chi connectivity index (χ0n) is 11.1. The number of amides is 1. The van der Waals surface area contributed by atoms with Crippen molar-refractivity contribution in [3.05, 3.63) is 35.4 Å². The molecule has 0 aliphatic carbocycles. The van der Waals surface area contributed by atoms with Crippen molar-refractivity contribution in [2.75, 3.05) is 0 Å². The second-order valence-corrected chi connectivity index (χ2v) is 4.35. The van der Waals surface area contributed by atoms with Crippen LogP contribution in [-0.4, -0.2) is 34.1 Å². The number of nitrogens with one attached hydrogen (secondary N) is 1. The average molecular weight is 279 g/mol. The highest BCUT2D eigenvalue weighted by molar-refractivity contribution is 5.96. The molecule has 0 aliphatic rings. The molecule has 1 atom stereocenters. The van der Waals surface area contributed by atoms with Crippen molar-refractivity contribution in [1.82, 2.24) is 5.32 Å². The van der Waals surface area contributed by atoms with E-state index in [1.807, 2.05) is 13.0 Å². The van der Waals surface area contributed by atoms with Gasteiger partial charge in [-0.2, -0.15) is 0 Å². The number of benzene rings is 1. The minimum atomic E-state index is -1.24. The average Bonchev–Trinajstić information content (AvgIpc) is 2.42. The first-order valence-corrected chi connectivity index (χ1v) is 6.28. The molecule has 0 spiro atoms. The molecule has 6 nitrogen and oxygen atoms in total. The maximum atomic E-state index is 12.0. The SMILES string of the molecule is CCc1cccc(C(=O)N[C@H](CCC(=O)O)C(=O)O)c1. The number of carboxylic acid groups (broad SMARTS) is 2. The van der Waals surface area contributed by atoms with Gasteiger partial charge in [-0.15, -0.1) is 0 Å². The highest BCUT2D eigenvalue weighted by Gasteiger charge is 2.21. The minimum absolute atomic E-state index is 0.149. The quantitative estimate of drug-likeness (QED) is 0.698. The Morgan fingerprint density at radius 2 is 1.95 bits per heavy atom. The minimum Gasteiger partial charge on any atom is -0.481 e. The summed E-state index contributed by atoms with van der Waals surface area (Å²) in [6, 6.07) is 5.66. The first kappa shape index (κ1) is 15.7. The summed E-state index contributed by atoms with van der Waals surface area (Å²) in [7, 11) is 0. The molecule has 0 aromatic heterocycles. The van der Waals surface area contributed by atoms with E-state index in [9.17, 15) is 14.4 Å². The van der Waals surface area contributed by atoms with Crippen molar-refractivity contribution in [1.29, 1.82) is 0 Å². The zero-order valence-corrected chi connectivity index (χ0v) is 11.1. The molecule has 0 saturated heterocycles. The molecule has 1 amide bonds. The molecule has 1 aromatic carbocycles. The van der Waals surface area contributed by atoms with Gasteiger partial charge in [0.15, 0.2) is 0 Å². The number of carboxylic acids is 2. The number of rotatable bonds is 7. The van der Waals surface area contributed by atoms with Gasteiger partial charge in [0.05, 0.1) is 0 Å². The highest BCUT2D eigenvalue weighted by atomic mass is 16.4. The van der Waals surface area contributed by atoms with E-state index in [-0.39, 0.29) is 12.8 Å². The summed E-state index contributed by atoms with van der Waals surface area (Å²) in [5, 5.41) is 19.9. The molecular formula is C14H17NO5. The van der Waals surface area contributed by atoms with Crippen molar-refractivity contribution in [2.24, 2.45) is 0 Å². The Hall–Kier alpha value is -2.37. The number of aliphatic carboxylic acids is 2. The molecule has 20 heavy (non-hydrogen) atoms. The predicted molar refractivity (Wildman–Crippen MR) is 71.6 cm³/mol. The number of carbonyl (C=O) groups excluding carboxylic acids is 1. The third kappa shape index (κ3) is 4.72. The van der Waals surface area contributed by atoms with Crippen molar-refractivity contribution >= 4 is 17.8 Å². The summed E-state index contributed by atoms with van der Waals surface area (Å²) < 4.78 is 0. The van der Waals surface area contributed by atoms with Crippen LogP contribution >= 0.6 is 0 Å². The molecule has 1 aromatic rings. The van der Waals surface area contributed by atoms with Crippen LogP contribution in [0, 0.1) is 0 Å². The van der Waals surface area contributed by atoms with Crippen LogP contribution in [0.1, 0.15) is 35.7 Å². The Labute approximate surface area is 116 Å². The summed E-state index contributed by atoms with van der Waals surface area (Å²) in [5.41, 5.74) is 1.33. The molecule has 0 bridgehead atoms. The number of aryl methyl sites for hydroxylation is 1. The predicted octanol–water partition coefficient (Wildman–Crippen LogP) is 1.30. The third-order valence-corrected chi connectivity index (χ3v) is 2.85. The summed E-state index contributed by atoms with van der Waals surface area (Å²) in [5.74, 6) is -2.86. The Morgan fingerprint density at radius 1 is 1.25 bits per heavy atom. The van der Waals surface area contributed by atoms with Gasteiger partial charge < -0.3 is 15.5 Å². The largest absolute Gasteiger partial charge is 0.481 e. The lowest BCUT2D eigenvalue weighted by Crippen LogP contribution is -2.41. The second kappa shape index (κ2) is 7.28. The Bertz CT molecular complexity index is 512. The van der Waals surface area contributed by atoms with E-state index < -0.39 is 23.9 Å². The molecule has 3 N–H and O–H groups in total. The number of hydrogen-bond donors (Lipinski definition) is 3. The standard InChI is InChI=1S/C14H17NO5/c1-2-9-4-3-5-10(8-9)13(18)15-11(14(19)20)6-7-12(16)17/h3-5,8,11H,2,6-7H2,1H3,(H,15,18)(H,16,17)(H,19,20)/t11-/m1/s1. The van der Waals surface area contributed by atoms with Crippen LogP contribution in [0.4, 0.5) is 0 Å². The van der Waals surface area contributed by atoms with Crippen LogP contribution in [0.25, 0.3) is 0 Å². The lowest BCUT2D eigenvalue weighted by atomic mass is 10.1. The van der Waals surface area contributed by atoms with Crippen LogP contribution in [0.5, 0.6) is 0 Å². The monoisotopic (exact) mass is 279 g/mol. The molecule has 0 radical (unpaired) electrons. The normalized spacial score (nSPS) is 11.7. The van der Waals surface area contributed by atoms with Gasteiger partial charge in [-0.3, -0.25) is 9.59 Å². The molecule has 0 unspecified atom stereocenters. The van der Waals surface area contributed by atoms with Crippen LogP contribution in [0.2, 0.25) is 0 Å². The molecule has 6 heteroatoms. The zero-order chi connectivity index (χ0) is 15.1. The van der Waals surface area contributed by atoms with E-state index in [1.54, 1.807) is 18.2 Å². The molecular weight excluding hydrogens is 262 g/mol. The van der Waals surface area contributed by atoms with E-state index in [1.165, 1.54) is 0 Å². The van der Waals surface area contributed by atoms with Crippen molar-refractivity contribution < 1.29 is 24.6 Å². The van der Waals surface area contributed by atoms with Gasteiger partial charge in [-0.25, -0.2) is 4.79 Å². The number of carbonyl (C=O) groups is 3. The maximum absolute atomic E-state index is 12.0. The Balaban J connectivity index is 2.74. The van der Waals surface area contributed by atoms with Gasteiger partial charge in [0.25, 0.3) is 5.91 Å². The lowest BCUT2D eigenvalue weighted by molar-refractivity contribution is -0.140. The summed E-state index contributed by atoms with van der Waals surface area (Å²) in [4.78, 5) is 33.4. The van der Waals surface area contributed by atoms with Gasteiger partial charge in [0.1, 0.15) is 6.04 Å². The summed E-state index contributed by atoms with van der Waals surface area (Å²) in [6.07, 6.45) is 0.304. The van der Waals surface area contributed by atoms with Crippen molar-refractivity contribution in [2.45, 2.75) is 32.2 Å². The molecule has 0 aliphatic heterocycles. The first-order chi connectivity index (χ1) is 9.43. The van der Waals surface area contributed by atoms with E-state index >= 15 is 0 Å². The Kier molecular flexibility index (Phi) is 5.71. The van der Waals surface area contributed by atoms with E-state index in [2.05, 4.69) is 5.32 Å². The Morgan fingerprint density at radius 3 is 2.50 bits per heavy atom. The van der Waals surface area contributed by atoms with Gasteiger partial charge in [0, 0.05) is 12.0 Å². The highest BCUT2D eigenvalue weighted by Crippen LogP contribution is 2.07. The van der Waals surface area contributed by atoms with Gasteiger partial charge in [-0.05, 0) is 30.5 Å². The van der Waals surface area contributed by atoms with Crippen LogP contribution in [0.3, 0.4) is 0 Å². The fraction of sp³-hybridized carbons (Fsp3) is 0.357. The molecule has 108 valence electrons.